The molecule has 8 nitrogen and oxygen atoms in total. The standard InChI is InChI=1S/C20H24N4O4/c25-19-9-13-11-27-8-7-16(13)22-24(19)15-5-3-14(4-6-15)21-20(26)17-10-18(28-23-17)12-1-2-12/h9-10,12,14-15H,1-8,11H2,(H,21,26). The lowest BCUT2D eigenvalue weighted by Gasteiger charge is -2.30. The number of nitrogens with one attached hydrogen (secondary N) is 1. The fraction of sp³-hybridized carbons (Fsp3) is 0.600. The van der Waals surface area contributed by atoms with Gasteiger partial charge in [0.25, 0.3) is 11.5 Å². The van der Waals surface area contributed by atoms with Crippen LogP contribution in [0.25, 0.3) is 0 Å². The third kappa shape index (κ3) is 3.48. The van der Waals surface area contributed by atoms with Gasteiger partial charge < -0.3 is 14.6 Å². The van der Waals surface area contributed by atoms with E-state index in [0.717, 1.165) is 62.0 Å². The Morgan fingerprint density at radius 2 is 1.96 bits per heavy atom. The summed E-state index contributed by atoms with van der Waals surface area (Å²) in [6.45, 7) is 1.13. The van der Waals surface area contributed by atoms with Crippen LogP contribution in [0.5, 0.6) is 0 Å². The van der Waals surface area contributed by atoms with Crippen molar-refractivity contribution < 1.29 is 14.1 Å². The fourth-order valence-corrected chi connectivity index (χ4v) is 4.17. The van der Waals surface area contributed by atoms with Crippen LogP contribution in [-0.2, 0) is 17.8 Å². The molecule has 0 saturated heterocycles. The SMILES string of the molecule is O=C(NC1CCC(n2nc3c(cc2=O)COCC3)CC1)c1cc(C2CC2)on1. The van der Waals surface area contributed by atoms with Gasteiger partial charge in [-0.3, -0.25) is 9.59 Å². The molecule has 2 fully saturated rings. The van der Waals surface area contributed by atoms with Gasteiger partial charge in [-0.05, 0) is 38.5 Å². The molecule has 1 amide bonds. The monoisotopic (exact) mass is 384 g/mol. The zero-order valence-electron chi connectivity index (χ0n) is 15.7. The highest BCUT2D eigenvalue weighted by Gasteiger charge is 2.30. The Bertz CT molecular complexity index is 938. The van der Waals surface area contributed by atoms with E-state index in [1.165, 1.54) is 0 Å². The molecule has 2 aliphatic carbocycles. The maximum Gasteiger partial charge on any atom is 0.273 e. The Morgan fingerprint density at radius 1 is 1.14 bits per heavy atom. The molecule has 28 heavy (non-hydrogen) atoms. The minimum absolute atomic E-state index is 0.0630. The average molecular weight is 384 g/mol. The number of rotatable bonds is 4. The van der Waals surface area contributed by atoms with Gasteiger partial charge in [0.05, 0.1) is 24.9 Å². The van der Waals surface area contributed by atoms with E-state index in [0.29, 0.717) is 24.8 Å². The van der Waals surface area contributed by atoms with Crippen LogP contribution >= 0.6 is 0 Å². The summed E-state index contributed by atoms with van der Waals surface area (Å²) < 4.78 is 12.3. The topological polar surface area (TPSA) is 99.2 Å². The molecule has 8 heteroatoms. The average Bonchev–Trinajstić information content (AvgIpc) is 3.44. The van der Waals surface area contributed by atoms with Crippen molar-refractivity contribution in [3.63, 3.8) is 0 Å². The molecule has 0 spiro atoms. The molecular formula is C20H24N4O4. The van der Waals surface area contributed by atoms with Crippen LogP contribution in [0.1, 0.15) is 78.0 Å². The summed E-state index contributed by atoms with van der Waals surface area (Å²) in [6, 6.07) is 3.60. The van der Waals surface area contributed by atoms with Gasteiger partial charge in [-0.2, -0.15) is 5.10 Å². The molecule has 0 aromatic carbocycles. The first-order valence-corrected chi connectivity index (χ1v) is 10.1. The lowest BCUT2D eigenvalue weighted by molar-refractivity contribution is 0.0911. The summed E-state index contributed by atoms with van der Waals surface area (Å²) in [4.78, 5) is 24.9. The molecule has 2 aromatic rings. The summed E-state index contributed by atoms with van der Waals surface area (Å²) in [6.07, 6.45) is 6.25. The maximum absolute atomic E-state index is 12.5. The third-order valence-corrected chi connectivity index (χ3v) is 5.98. The lowest BCUT2D eigenvalue weighted by Crippen LogP contribution is -2.40. The van der Waals surface area contributed by atoms with Crippen molar-refractivity contribution >= 4 is 5.91 Å². The van der Waals surface area contributed by atoms with E-state index in [9.17, 15) is 9.59 Å². The van der Waals surface area contributed by atoms with Crippen LogP contribution in [-0.4, -0.2) is 33.5 Å². The quantitative estimate of drug-likeness (QED) is 0.867. The Morgan fingerprint density at radius 3 is 2.75 bits per heavy atom. The highest BCUT2D eigenvalue weighted by Crippen LogP contribution is 2.40. The van der Waals surface area contributed by atoms with Crippen molar-refractivity contribution in [1.82, 2.24) is 20.3 Å². The molecule has 0 atom stereocenters. The first-order valence-electron chi connectivity index (χ1n) is 10.1. The highest BCUT2D eigenvalue weighted by atomic mass is 16.5. The third-order valence-electron chi connectivity index (χ3n) is 5.98. The maximum atomic E-state index is 12.5. The molecular weight excluding hydrogens is 360 g/mol. The van der Waals surface area contributed by atoms with Gasteiger partial charge >= 0.3 is 0 Å². The van der Waals surface area contributed by atoms with E-state index in [4.69, 9.17) is 9.26 Å². The largest absolute Gasteiger partial charge is 0.376 e. The first kappa shape index (κ1) is 17.6. The summed E-state index contributed by atoms with van der Waals surface area (Å²) in [5.41, 5.74) is 2.18. The van der Waals surface area contributed by atoms with Gasteiger partial charge in [0, 0.05) is 36.1 Å². The second-order valence-electron chi connectivity index (χ2n) is 8.07. The molecule has 3 aliphatic rings. The van der Waals surface area contributed by atoms with Gasteiger partial charge in [0.15, 0.2) is 5.69 Å². The molecule has 0 radical (unpaired) electrons. The number of aromatic nitrogens is 3. The number of nitrogens with zero attached hydrogens (tertiary/aromatic N) is 3. The van der Waals surface area contributed by atoms with Crippen molar-refractivity contribution in [3.05, 3.63) is 45.2 Å². The molecule has 5 rings (SSSR count). The molecule has 1 aliphatic heterocycles. The van der Waals surface area contributed by atoms with E-state index in [1.54, 1.807) is 16.8 Å². The highest BCUT2D eigenvalue weighted by molar-refractivity contribution is 5.92. The van der Waals surface area contributed by atoms with Crippen molar-refractivity contribution in [1.29, 1.82) is 0 Å². The molecule has 2 saturated carbocycles. The minimum atomic E-state index is -0.178. The van der Waals surface area contributed by atoms with Crippen LogP contribution < -0.4 is 10.9 Å². The Kier molecular flexibility index (Phi) is 4.50. The van der Waals surface area contributed by atoms with Gasteiger partial charge in [-0.25, -0.2) is 4.68 Å². The van der Waals surface area contributed by atoms with Crippen molar-refractivity contribution in [3.8, 4) is 0 Å². The van der Waals surface area contributed by atoms with Gasteiger partial charge in [-0.15, -0.1) is 0 Å². The predicted octanol–water partition coefficient (Wildman–Crippen LogP) is 2.10. The number of hydrogen-bond acceptors (Lipinski definition) is 6. The molecule has 0 unspecified atom stereocenters. The Hall–Kier alpha value is -2.48. The minimum Gasteiger partial charge on any atom is -0.376 e. The molecule has 0 bridgehead atoms. The zero-order chi connectivity index (χ0) is 19.1. The molecule has 148 valence electrons. The first-order chi connectivity index (χ1) is 13.7. The van der Waals surface area contributed by atoms with Crippen molar-refractivity contribution in [2.24, 2.45) is 0 Å². The van der Waals surface area contributed by atoms with E-state index < -0.39 is 0 Å². The number of ether oxygens (including phenoxy) is 1. The normalized spacial score (nSPS) is 24.6. The fourth-order valence-electron chi connectivity index (χ4n) is 4.17. The van der Waals surface area contributed by atoms with Gasteiger partial charge in [0.1, 0.15) is 5.76 Å². The van der Waals surface area contributed by atoms with Gasteiger partial charge in [0.2, 0.25) is 0 Å². The number of fused-ring (bicyclic) bond motifs is 1. The van der Waals surface area contributed by atoms with E-state index >= 15 is 0 Å². The zero-order valence-corrected chi connectivity index (χ0v) is 15.7. The number of carbonyl (C=O) groups is 1. The van der Waals surface area contributed by atoms with Crippen molar-refractivity contribution in [2.45, 2.75) is 69.6 Å². The number of carbonyl (C=O) groups excluding carboxylic acids is 1. The second-order valence-corrected chi connectivity index (χ2v) is 8.07. The Labute approximate surface area is 162 Å². The molecule has 1 N–H and O–H groups in total. The Balaban J connectivity index is 1.20. The van der Waals surface area contributed by atoms with E-state index in [2.05, 4.69) is 15.6 Å². The van der Waals surface area contributed by atoms with Crippen LogP contribution in [0.15, 0.2) is 21.5 Å². The molecule has 2 aromatic heterocycles. The summed E-state index contributed by atoms with van der Waals surface area (Å²) in [5.74, 6) is 1.08. The second kappa shape index (κ2) is 7.16. The van der Waals surface area contributed by atoms with E-state index in [1.807, 2.05) is 0 Å². The smallest absolute Gasteiger partial charge is 0.273 e. The van der Waals surface area contributed by atoms with Gasteiger partial charge in [-0.1, -0.05) is 5.16 Å². The summed E-state index contributed by atoms with van der Waals surface area (Å²) >= 11 is 0. The number of hydrogen-bond donors (Lipinski definition) is 1. The summed E-state index contributed by atoms with van der Waals surface area (Å²) in [5, 5.41) is 11.6. The number of amides is 1. The van der Waals surface area contributed by atoms with Crippen LogP contribution in [0.4, 0.5) is 0 Å². The van der Waals surface area contributed by atoms with E-state index in [-0.39, 0.29) is 23.6 Å². The molecule has 3 heterocycles. The van der Waals surface area contributed by atoms with Crippen LogP contribution in [0, 0.1) is 0 Å². The van der Waals surface area contributed by atoms with Crippen LogP contribution in [0.2, 0.25) is 0 Å². The summed E-state index contributed by atoms with van der Waals surface area (Å²) in [7, 11) is 0. The predicted molar refractivity (Wildman–Crippen MR) is 99.1 cm³/mol. The lowest BCUT2D eigenvalue weighted by atomic mass is 9.91. The van der Waals surface area contributed by atoms with Crippen LogP contribution in [0.3, 0.4) is 0 Å². The van der Waals surface area contributed by atoms with Crippen molar-refractivity contribution in [2.75, 3.05) is 6.61 Å².